The molecule has 1 saturated heterocycles. The smallest absolute Gasteiger partial charge is 0.304 e. The molecule has 5 nitrogen and oxygen atoms in total. The maximum absolute atomic E-state index is 12.2. The second-order valence-corrected chi connectivity index (χ2v) is 5.61. The first-order valence-corrected chi connectivity index (χ1v) is 7.39. The van der Waals surface area contributed by atoms with Crippen molar-refractivity contribution in [3.05, 3.63) is 34.9 Å². The summed E-state index contributed by atoms with van der Waals surface area (Å²) in [5, 5.41) is 9.31. The van der Waals surface area contributed by atoms with Gasteiger partial charge in [0, 0.05) is 37.7 Å². The first-order chi connectivity index (χ1) is 10.0. The second-order valence-electron chi connectivity index (χ2n) is 5.17. The second kappa shape index (κ2) is 7.43. The molecule has 1 aliphatic rings. The molecule has 0 saturated carbocycles. The van der Waals surface area contributed by atoms with Gasteiger partial charge in [-0.3, -0.25) is 14.5 Å². The van der Waals surface area contributed by atoms with Gasteiger partial charge in [0.1, 0.15) is 0 Å². The molecule has 1 N–H and O–H groups in total. The monoisotopic (exact) mass is 310 g/mol. The van der Waals surface area contributed by atoms with Crippen molar-refractivity contribution in [2.75, 3.05) is 32.7 Å². The molecule has 21 heavy (non-hydrogen) atoms. The minimum atomic E-state index is -0.783. The fourth-order valence-corrected chi connectivity index (χ4v) is 2.62. The molecule has 1 heterocycles. The number of hydrogen-bond donors (Lipinski definition) is 1. The first kappa shape index (κ1) is 15.8. The molecule has 1 aromatic rings. The van der Waals surface area contributed by atoms with E-state index in [4.69, 9.17) is 16.7 Å². The Balaban J connectivity index is 1.79. The van der Waals surface area contributed by atoms with Crippen molar-refractivity contribution < 1.29 is 14.7 Å². The lowest BCUT2D eigenvalue weighted by Gasteiger charge is -2.34. The summed E-state index contributed by atoms with van der Waals surface area (Å²) in [7, 11) is 0. The summed E-state index contributed by atoms with van der Waals surface area (Å²) < 4.78 is 0. The minimum absolute atomic E-state index is 0.0927. The Morgan fingerprint density at radius 1 is 1.19 bits per heavy atom. The van der Waals surface area contributed by atoms with Crippen LogP contribution in [0.2, 0.25) is 5.02 Å². The topological polar surface area (TPSA) is 60.9 Å². The number of carbonyl (C=O) groups is 2. The van der Waals surface area contributed by atoms with Gasteiger partial charge in [-0.2, -0.15) is 0 Å². The predicted octanol–water partition coefficient (Wildman–Crippen LogP) is 1.50. The molecule has 1 aliphatic heterocycles. The van der Waals surface area contributed by atoms with E-state index in [-0.39, 0.29) is 12.3 Å². The summed E-state index contributed by atoms with van der Waals surface area (Å²) in [6.45, 7) is 3.31. The Kier molecular flexibility index (Phi) is 5.59. The number of piperazine rings is 1. The van der Waals surface area contributed by atoms with E-state index in [0.717, 1.165) is 18.7 Å². The fourth-order valence-electron chi connectivity index (χ4n) is 2.41. The molecule has 0 spiro atoms. The van der Waals surface area contributed by atoms with Crippen LogP contribution < -0.4 is 0 Å². The highest BCUT2D eigenvalue weighted by atomic mass is 35.5. The number of benzene rings is 1. The lowest BCUT2D eigenvalue weighted by molar-refractivity contribution is -0.138. The summed E-state index contributed by atoms with van der Waals surface area (Å²) in [6.07, 6.45) is 0.506. The average Bonchev–Trinajstić information content (AvgIpc) is 2.45. The van der Waals surface area contributed by atoms with Gasteiger partial charge >= 0.3 is 5.97 Å². The summed E-state index contributed by atoms with van der Waals surface area (Å²) in [6, 6.07) is 7.33. The fraction of sp³-hybridized carbons (Fsp3) is 0.467. The quantitative estimate of drug-likeness (QED) is 0.895. The zero-order valence-electron chi connectivity index (χ0n) is 11.8. The van der Waals surface area contributed by atoms with Crippen molar-refractivity contribution in [2.45, 2.75) is 12.8 Å². The van der Waals surface area contributed by atoms with Crippen molar-refractivity contribution in [1.82, 2.24) is 9.80 Å². The van der Waals surface area contributed by atoms with Gasteiger partial charge in [-0.25, -0.2) is 0 Å². The number of nitrogens with zero attached hydrogens (tertiary/aromatic N) is 2. The first-order valence-electron chi connectivity index (χ1n) is 7.01. The lowest BCUT2D eigenvalue weighted by Crippen LogP contribution is -2.49. The Hall–Kier alpha value is -1.59. The summed E-state index contributed by atoms with van der Waals surface area (Å²) in [5.74, 6) is -0.690. The number of carboxylic acids is 1. The Morgan fingerprint density at radius 3 is 2.52 bits per heavy atom. The van der Waals surface area contributed by atoms with Gasteiger partial charge in [0.15, 0.2) is 0 Å². The van der Waals surface area contributed by atoms with E-state index in [2.05, 4.69) is 4.90 Å². The van der Waals surface area contributed by atoms with Gasteiger partial charge in [0.2, 0.25) is 5.91 Å². The van der Waals surface area contributed by atoms with E-state index >= 15 is 0 Å². The Bertz CT molecular complexity index is 513. The molecule has 1 fully saturated rings. The number of halogens is 1. The highest BCUT2D eigenvalue weighted by Gasteiger charge is 2.21. The van der Waals surface area contributed by atoms with Crippen molar-refractivity contribution in [3.63, 3.8) is 0 Å². The third-order valence-corrected chi connectivity index (χ3v) is 3.85. The normalized spacial score (nSPS) is 16.0. The third kappa shape index (κ3) is 5.02. The van der Waals surface area contributed by atoms with Crippen molar-refractivity contribution in [1.29, 1.82) is 0 Å². The van der Waals surface area contributed by atoms with Crippen molar-refractivity contribution in [3.8, 4) is 0 Å². The maximum atomic E-state index is 12.2. The average molecular weight is 311 g/mol. The van der Waals surface area contributed by atoms with Crippen LogP contribution in [-0.2, 0) is 16.0 Å². The molecule has 0 aromatic heterocycles. The van der Waals surface area contributed by atoms with Gasteiger partial charge in [-0.1, -0.05) is 23.7 Å². The van der Waals surface area contributed by atoms with Crippen LogP contribution in [0, 0.1) is 0 Å². The molecule has 0 unspecified atom stereocenters. The van der Waals surface area contributed by atoms with E-state index in [1.165, 1.54) is 0 Å². The zero-order valence-corrected chi connectivity index (χ0v) is 12.6. The lowest BCUT2D eigenvalue weighted by atomic mass is 10.1. The molecule has 6 heteroatoms. The largest absolute Gasteiger partial charge is 0.481 e. The number of hydrogen-bond acceptors (Lipinski definition) is 3. The van der Waals surface area contributed by atoms with Crippen LogP contribution in [0.1, 0.15) is 12.0 Å². The zero-order chi connectivity index (χ0) is 15.2. The molecule has 0 bridgehead atoms. The number of carbonyl (C=O) groups excluding carboxylic acids is 1. The van der Waals surface area contributed by atoms with E-state index < -0.39 is 5.97 Å². The van der Waals surface area contributed by atoms with E-state index in [1.54, 1.807) is 6.07 Å². The Morgan fingerprint density at radius 2 is 1.90 bits per heavy atom. The van der Waals surface area contributed by atoms with Crippen LogP contribution in [0.5, 0.6) is 0 Å². The van der Waals surface area contributed by atoms with Crippen molar-refractivity contribution >= 4 is 23.5 Å². The van der Waals surface area contributed by atoms with Gasteiger partial charge in [0.05, 0.1) is 12.8 Å². The Labute approximate surface area is 129 Å². The van der Waals surface area contributed by atoms with Crippen molar-refractivity contribution in [2.24, 2.45) is 0 Å². The van der Waals surface area contributed by atoms with Crippen LogP contribution in [0.15, 0.2) is 24.3 Å². The van der Waals surface area contributed by atoms with Crippen LogP contribution in [0.4, 0.5) is 0 Å². The summed E-state index contributed by atoms with van der Waals surface area (Å²) in [5.41, 5.74) is 0.917. The highest BCUT2D eigenvalue weighted by molar-refractivity contribution is 6.30. The summed E-state index contributed by atoms with van der Waals surface area (Å²) in [4.78, 5) is 26.7. The van der Waals surface area contributed by atoms with E-state index in [1.807, 2.05) is 23.1 Å². The number of aliphatic carboxylic acids is 1. The molecule has 114 valence electrons. The molecular weight excluding hydrogens is 292 g/mol. The van der Waals surface area contributed by atoms with Gasteiger partial charge in [0.25, 0.3) is 0 Å². The van der Waals surface area contributed by atoms with Crippen LogP contribution >= 0.6 is 11.6 Å². The molecule has 0 aliphatic carbocycles. The minimum Gasteiger partial charge on any atom is -0.481 e. The van der Waals surface area contributed by atoms with Crippen LogP contribution in [-0.4, -0.2) is 59.5 Å². The molecule has 2 rings (SSSR count). The summed E-state index contributed by atoms with van der Waals surface area (Å²) >= 11 is 5.91. The number of amides is 1. The molecular formula is C15H19ClN2O3. The van der Waals surface area contributed by atoms with Gasteiger partial charge in [-0.15, -0.1) is 0 Å². The third-order valence-electron chi connectivity index (χ3n) is 3.61. The van der Waals surface area contributed by atoms with E-state index in [9.17, 15) is 9.59 Å². The molecule has 0 atom stereocenters. The van der Waals surface area contributed by atoms with E-state index in [0.29, 0.717) is 31.1 Å². The molecule has 1 aromatic carbocycles. The van der Waals surface area contributed by atoms with Gasteiger partial charge in [-0.05, 0) is 17.7 Å². The molecule has 1 amide bonds. The van der Waals surface area contributed by atoms with Gasteiger partial charge < -0.3 is 10.0 Å². The maximum Gasteiger partial charge on any atom is 0.304 e. The number of rotatable bonds is 5. The van der Waals surface area contributed by atoms with Crippen LogP contribution in [0.25, 0.3) is 0 Å². The highest BCUT2D eigenvalue weighted by Crippen LogP contribution is 2.13. The predicted molar refractivity (Wildman–Crippen MR) is 80.4 cm³/mol. The van der Waals surface area contributed by atoms with Crippen LogP contribution in [0.3, 0.4) is 0 Å². The standard InChI is InChI=1S/C15H19ClN2O3/c16-13-3-1-2-12(10-13)11-14(19)18-8-6-17(7-9-18)5-4-15(20)21/h1-3,10H,4-9,11H2,(H,20,21). The molecule has 0 radical (unpaired) electrons. The SMILES string of the molecule is O=C(O)CCN1CCN(C(=O)Cc2cccc(Cl)c2)CC1. The number of carboxylic acid groups (broad SMARTS) is 1.